The summed E-state index contributed by atoms with van der Waals surface area (Å²) in [4.78, 5) is 14.6. The molecule has 0 saturated carbocycles. The largest absolute Gasteiger partial charge is 0.378 e. The topological polar surface area (TPSA) is 67.4 Å². The minimum absolute atomic E-state index is 0.0145. The maximum Gasteiger partial charge on any atom is 0.230 e. The van der Waals surface area contributed by atoms with Gasteiger partial charge in [0.1, 0.15) is 0 Å². The van der Waals surface area contributed by atoms with Gasteiger partial charge in [-0.2, -0.15) is 0 Å². The summed E-state index contributed by atoms with van der Waals surface area (Å²) < 4.78 is 6.18. The molecule has 1 N–H and O–H groups in total. The van der Waals surface area contributed by atoms with Crippen LogP contribution in [0.5, 0.6) is 0 Å². The van der Waals surface area contributed by atoms with Crippen molar-refractivity contribution in [3.05, 3.63) is 35.9 Å². The molecule has 6 nitrogen and oxygen atoms in total. The molecule has 1 saturated heterocycles. The van der Waals surface area contributed by atoms with Gasteiger partial charge in [0.25, 0.3) is 0 Å². The van der Waals surface area contributed by atoms with Crippen molar-refractivity contribution < 1.29 is 9.53 Å². The third-order valence-corrected chi connectivity index (χ3v) is 6.26. The van der Waals surface area contributed by atoms with Crippen LogP contribution in [0.3, 0.4) is 0 Å². The van der Waals surface area contributed by atoms with Gasteiger partial charge in [0.2, 0.25) is 11.0 Å². The summed E-state index contributed by atoms with van der Waals surface area (Å²) in [5, 5.41) is 12.5. The van der Waals surface area contributed by atoms with Gasteiger partial charge in [-0.15, -0.1) is 10.2 Å². The standard InChI is InChI=1S/C18H24N4O2S2/c1-13(2)16(14-6-4-3-5-7-14)19-15(23)12-25-18-21-20-17(26-18)22-8-10-24-11-9-22/h3-7,13,16H,8-12H2,1-2H3,(H,19,23). The molecule has 1 aliphatic rings. The van der Waals surface area contributed by atoms with Crippen molar-refractivity contribution in [3.8, 4) is 0 Å². The number of hydrogen-bond acceptors (Lipinski definition) is 7. The van der Waals surface area contributed by atoms with Gasteiger partial charge in [-0.1, -0.05) is 67.3 Å². The van der Waals surface area contributed by atoms with Crippen LogP contribution in [0.1, 0.15) is 25.5 Å². The fourth-order valence-corrected chi connectivity index (χ4v) is 4.48. The summed E-state index contributed by atoms with van der Waals surface area (Å²) in [6.07, 6.45) is 0. The molecule has 3 rings (SSSR count). The Labute approximate surface area is 162 Å². The predicted molar refractivity (Wildman–Crippen MR) is 106 cm³/mol. The summed E-state index contributed by atoms with van der Waals surface area (Å²) in [6.45, 7) is 7.36. The molecule has 1 aliphatic heterocycles. The quantitative estimate of drug-likeness (QED) is 0.731. The summed E-state index contributed by atoms with van der Waals surface area (Å²) >= 11 is 2.97. The van der Waals surface area contributed by atoms with Crippen molar-refractivity contribution in [2.45, 2.75) is 24.2 Å². The normalized spacial score (nSPS) is 15.9. The monoisotopic (exact) mass is 392 g/mol. The minimum Gasteiger partial charge on any atom is -0.378 e. The smallest absolute Gasteiger partial charge is 0.230 e. The summed E-state index contributed by atoms with van der Waals surface area (Å²) in [5.41, 5.74) is 1.13. The Balaban J connectivity index is 1.52. The first-order valence-corrected chi connectivity index (χ1v) is 10.6. The van der Waals surface area contributed by atoms with Gasteiger partial charge >= 0.3 is 0 Å². The van der Waals surface area contributed by atoms with Crippen LogP contribution < -0.4 is 10.2 Å². The Morgan fingerprint density at radius 3 is 2.69 bits per heavy atom. The van der Waals surface area contributed by atoms with Crippen molar-refractivity contribution in [1.29, 1.82) is 0 Å². The highest BCUT2D eigenvalue weighted by Crippen LogP contribution is 2.29. The van der Waals surface area contributed by atoms with E-state index >= 15 is 0 Å². The molecule has 1 aromatic carbocycles. The lowest BCUT2D eigenvalue weighted by atomic mass is 9.96. The molecule has 0 radical (unpaired) electrons. The van der Waals surface area contributed by atoms with E-state index in [4.69, 9.17) is 4.74 Å². The van der Waals surface area contributed by atoms with E-state index in [0.29, 0.717) is 11.7 Å². The molecule has 2 heterocycles. The zero-order valence-electron chi connectivity index (χ0n) is 15.1. The van der Waals surface area contributed by atoms with E-state index in [2.05, 4.69) is 46.4 Å². The number of amides is 1. The van der Waals surface area contributed by atoms with Crippen molar-refractivity contribution in [2.24, 2.45) is 5.92 Å². The number of anilines is 1. The van der Waals surface area contributed by atoms with Crippen LogP contribution in [0.4, 0.5) is 5.13 Å². The number of nitrogens with zero attached hydrogens (tertiary/aromatic N) is 3. The van der Waals surface area contributed by atoms with Crippen molar-refractivity contribution >= 4 is 34.1 Å². The number of nitrogens with one attached hydrogen (secondary N) is 1. The van der Waals surface area contributed by atoms with E-state index in [9.17, 15) is 4.79 Å². The first-order chi connectivity index (χ1) is 12.6. The van der Waals surface area contributed by atoms with Crippen molar-refractivity contribution in [1.82, 2.24) is 15.5 Å². The Kier molecular flexibility index (Phi) is 6.87. The lowest BCUT2D eigenvalue weighted by Gasteiger charge is -2.25. The van der Waals surface area contributed by atoms with Crippen LogP contribution in [-0.4, -0.2) is 48.2 Å². The van der Waals surface area contributed by atoms with Gasteiger partial charge in [-0.3, -0.25) is 4.79 Å². The lowest BCUT2D eigenvalue weighted by molar-refractivity contribution is -0.119. The number of benzene rings is 1. The highest BCUT2D eigenvalue weighted by Gasteiger charge is 2.19. The maximum atomic E-state index is 12.4. The Morgan fingerprint density at radius 2 is 2.00 bits per heavy atom. The third kappa shape index (κ3) is 5.18. The second-order valence-electron chi connectivity index (χ2n) is 6.44. The number of hydrogen-bond donors (Lipinski definition) is 1. The van der Waals surface area contributed by atoms with Gasteiger partial charge in [-0.05, 0) is 11.5 Å². The summed E-state index contributed by atoms with van der Waals surface area (Å²) in [7, 11) is 0. The lowest BCUT2D eigenvalue weighted by Crippen LogP contribution is -2.36. The second kappa shape index (κ2) is 9.34. The highest BCUT2D eigenvalue weighted by molar-refractivity contribution is 8.01. The molecular formula is C18H24N4O2S2. The molecule has 0 aliphatic carbocycles. The van der Waals surface area contributed by atoms with Gasteiger partial charge in [-0.25, -0.2) is 0 Å². The van der Waals surface area contributed by atoms with Crippen molar-refractivity contribution in [3.63, 3.8) is 0 Å². The van der Waals surface area contributed by atoms with E-state index in [1.807, 2.05) is 18.2 Å². The molecule has 1 fully saturated rings. The predicted octanol–water partition coefficient (Wildman–Crippen LogP) is 2.98. The average Bonchev–Trinajstić information content (AvgIpc) is 3.15. The average molecular weight is 393 g/mol. The molecule has 8 heteroatoms. The van der Waals surface area contributed by atoms with Crippen LogP contribution in [0.25, 0.3) is 0 Å². The SMILES string of the molecule is CC(C)C(NC(=O)CSc1nnc(N2CCOCC2)s1)c1ccccc1. The second-order valence-corrected chi connectivity index (χ2v) is 8.62. The molecule has 1 amide bonds. The number of carbonyl (C=O) groups is 1. The molecule has 0 spiro atoms. The highest BCUT2D eigenvalue weighted by atomic mass is 32.2. The number of aromatic nitrogens is 2. The molecule has 1 atom stereocenters. The molecule has 1 aromatic heterocycles. The number of carbonyl (C=O) groups excluding carboxylic acids is 1. The van der Waals surface area contributed by atoms with E-state index in [0.717, 1.165) is 41.3 Å². The molecule has 0 bridgehead atoms. The zero-order chi connectivity index (χ0) is 18.4. The molecule has 26 heavy (non-hydrogen) atoms. The Morgan fingerprint density at radius 1 is 1.27 bits per heavy atom. The van der Waals surface area contributed by atoms with Crippen molar-refractivity contribution in [2.75, 3.05) is 37.0 Å². The maximum absolute atomic E-state index is 12.4. The molecule has 140 valence electrons. The number of morpholine rings is 1. The van der Waals surface area contributed by atoms with Gasteiger partial charge in [0, 0.05) is 13.1 Å². The van der Waals surface area contributed by atoms with Crippen LogP contribution in [0.2, 0.25) is 0 Å². The summed E-state index contributed by atoms with van der Waals surface area (Å²) in [5.74, 6) is 0.676. The van der Waals surface area contributed by atoms with E-state index in [1.165, 1.54) is 23.1 Å². The zero-order valence-corrected chi connectivity index (χ0v) is 16.7. The van der Waals surface area contributed by atoms with E-state index < -0.39 is 0 Å². The molecular weight excluding hydrogens is 368 g/mol. The number of thioether (sulfide) groups is 1. The third-order valence-electron chi connectivity index (χ3n) is 4.15. The van der Waals surface area contributed by atoms with E-state index in [-0.39, 0.29) is 11.9 Å². The Hall–Kier alpha value is -1.64. The first kappa shape index (κ1) is 19.1. The van der Waals surface area contributed by atoms with Gasteiger partial charge in [0.05, 0.1) is 25.0 Å². The molecule has 2 aromatic rings. The minimum atomic E-state index is 0.0145. The van der Waals surface area contributed by atoms with Crippen LogP contribution in [-0.2, 0) is 9.53 Å². The Bertz CT molecular complexity index is 702. The number of ether oxygens (including phenoxy) is 1. The van der Waals surface area contributed by atoms with Gasteiger partial charge < -0.3 is 15.0 Å². The fourth-order valence-electron chi connectivity index (χ4n) is 2.78. The van der Waals surface area contributed by atoms with Crippen LogP contribution in [0.15, 0.2) is 34.7 Å². The first-order valence-electron chi connectivity index (χ1n) is 8.77. The van der Waals surface area contributed by atoms with Crippen LogP contribution >= 0.6 is 23.1 Å². The fraction of sp³-hybridized carbons (Fsp3) is 0.500. The van der Waals surface area contributed by atoms with E-state index in [1.54, 1.807) is 0 Å². The molecule has 1 unspecified atom stereocenters. The summed E-state index contributed by atoms with van der Waals surface area (Å²) in [6, 6.07) is 10.1. The van der Waals surface area contributed by atoms with Gasteiger partial charge in [0.15, 0.2) is 4.34 Å². The number of rotatable bonds is 7. The van der Waals surface area contributed by atoms with Crippen LogP contribution in [0, 0.1) is 5.92 Å².